The fourth-order valence-electron chi connectivity index (χ4n) is 1.14. The molecule has 0 aliphatic rings. The van der Waals surface area contributed by atoms with Crippen LogP contribution < -0.4 is 5.32 Å². The molecule has 0 fully saturated rings. The van der Waals surface area contributed by atoms with Crippen molar-refractivity contribution in [3.63, 3.8) is 0 Å². The molecule has 0 unspecified atom stereocenters. The van der Waals surface area contributed by atoms with Crippen molar-refractivity contribution in [3.05, 3.63) is 0 Å². The number of carboxylic acids is 1. The molecule has 0 aliphatic heterocycles. The zero-order chi connectivity index (χ0) is 15.1. The van der Waals surface area contributed by atoms with E-state index in [9.17, 15) is 27.6 Å². The Hall–Kier alpha value is -1.80. The largest absolute Gasteiger partial charge is 0.480 e. The normalized spacial score (nSPS) is 12.6. The van der Waals surface area contributed by atoms with Crippen molar-refractivity contribution in [2.75, 3.05) is 7.11 Å². The molecule has 0 bridgehead atoms. The minimum Gasteiger partial charge on any atom is -0.480 e. The summed E-state index contributed by atoms with van der Waals surface area (Å²) in [6.07, 6.45) is -7.18. The summed E-state index contributed by atoms with van der Waals surface area (Å²) in [7, 11) is 1.11. The average Bonchev–Trinajstić information content (AvgIpc) is 2.30. The van der Waals surface area contributed by atoms with E-state index < -0.39 is 42.9 Å². The lowest BCUT2D eigenvalue weighted by molar-refractivity contribution is -0.147. The van der Waals surface area contributed by atoms with E-state index in [-0.39, 0.29) is 12.8 Å². The Kier molecular flexibility index (Phi) is 6.87. The zero-order valence-corrected chi connectivity index (χ0v) is 10.1. The van der Waals surface area contributed by atoms with E-state index in [0.29, 0.717) is 0 Å². The molecule has 0 saturated carbocycles. The number of carbonyl (C=O) groups is 3. The zero-order valence-electron chi connectivity index (χ0n) is 10.1. The van der Waals surface area contributed by atoms with Crippen LogP contribution in [-0.4, -0.2) is 42.3 Å². The summed E-state index contributed by atoms with van der Waals surface area (Å²) in [5.41, 5.74) is 0. The predicted octanol–water partition coefficient (Wildman–Crippen LogP) is 0.851. The van der Waals surface area contributed by atoms with Crippen LogP contribution in [0.1, 0.15) is 25.7 Å². The molecule has 0 heterocycles. The highest BCUT2D eigenvalue weighted by molar-refractivity contribution is 5.84. The smallest absolute Gasteiger partial charge is 0.389 e. The number of halogens is 3. The van der Waals surface area contributed by atoms with Crippen LogP contribution in [-0.2, 0) is 19.1 Å². The molecule has 0 radical (unpaired) electrons. The van der Waals surface area contributed by atoms with Gasteiger partial charge in [0.15, 0.2) is 0 Å². The van der Waals surface area contributed by atoms with E-state index >= 15 is 0 Å². The summed E-state index contributed by atoms with van der Waals surface area (Å²) in [5, 5.41) is 10.7. The van der Waals surface area contributed by atoms with Gasteiger partial charge in [0.2, 0.25) is 5.91 Å². The van der Waals surface area contributed by atoms with E-state index in [2.05, 4.69) is 4.74 Å². The van der Waals surface area contributed by atoms with Crippen molar-refractivity contribution in [3.8, 4) is 0 Å². The van der Waals surface area contributed by atoms with Crippen molar-refractivity contribution >= 4 is 17.8 Å². The minimum absolute atomic E-state index is 0.250. The average molecular weight is 285 g/mol. The van der Waals surface area contributed by atoms with Crippen LogP contribution in [0.3, 0.4) is 0 Å². The number of ether oxygens (including phenoxy) is 1. The maximum absolute atomic E-state index is 11.9. The Labute approximate surface area is 106 Å². The SMILES string of the molecule is COC(=O)CC[C@H](NC(=O)CCC(F)(F)F)C(=O)O. The molecule has 0 spiro atoms. The maximum atomic E-state index is 11.9. The van der Waals surface area contributed by atoms with Gasteiger partial charge >= 0.3 is 18.1 Å². The van der Waals surface area contributed by atoms with Crippen LogP contribution >= 0.6 is 0 Å². The fourth-order valence-corrected chi connectivity index (χ4v) is 1.14. The number of rotatable bonds is 7. The van der Waals surface area contributed by atoms with Crippen molar-refractivity contribution in [2.24, 2.45) is 0 Å². The predicted molar refractivity (Wildman–Crippen MR) is 56.1 cm³/mol. The van der Waals surface area contributed by atoms with Gasteiger partial charge in [-0.3, -0.25) is 9.59 Å². The first kappa shape index (κ1) is 17.2. The Balaban J connectivity index is 4.23. The number of hydrogen-bond acceptors (Lipinski definition) is 4. The second kappa shape index (κ2) is 7.59. The molecule has 1 atom stereocenters. The summed E-state index contributed by atoms with van der Waals surface area (Å²) in [5.74, 6) is -3.13. The fraction of sp³-hybridized carbons (Fsp3) is 0.700. The Bertz CT molecular complexity index is 343. The van der Waals surface area contributed by atoms with Gasteiger partial charge in [-0.2, -0.15) is 13.2 Å². The van der Waals surface area contributed by atoms with Gasteiger partial charge in [-0.1, -0.05) is 0 Å². The van der Waals surface area contributed by atoms with Crippen LogP contribution in [0.4, 0.5) is 13.2 Å². The number of aliphatic carboxylic acids is 1. The van der Waals surface area contributed by atoms with E-state index in [4.69, 9.17) is 5.11 Å². The molecular formula is C10H14F3NO5. The number of hydrogen-bond donors (Lipinski definition) is 2. The number of amides is 1. The first-order valence-electron chi connectivity index (χ1n) is 5.31. The third kappa shape index (κ3) is 8.86. The van der Waals surface area contributed by atoms with Crippen LogP contribution in [0.15, 0.2) is 0 Å². The van der Waals surface area contributed by atoms with E-state index in [1.807, 2.05) is 5.32 Å². The van der Waals surface area contributed by atoms with Crippen LogP contribution in [0.2, 0.25) is 0 Å². The molecule has 9 heteroatoms. The van der Waals surface area contributed by atoms with E-state index in [1.54, 1.807) is 0 Å². The third-order valence-corrected chi connectivity index (χ3v) is 2.13. The molecule has 0 aromatic rings. The van der Waals surface area contributed by atoms with Gasteiger partial charge in [0, 0.05) is 12.8 Å². The number of carboxylic acid groups (broad SMARTS) is 1. The molecule has 0 saturated heterocycles. The number of methoxy groups -OCH3 is 1. The molecule has 2 N–H and O–H groups in total. The van der Waals surface area contributed by atoms with Crippen LogP contribution in [0.25, 0.3) is 0 Å². The molecule has 0 aliphatic carbocycles. The second-order valence-electron chi connectivity index (χ2n) is 3.69. The number of esters is 1. The molecule has 1 amide bonds. The molecular weight excluding hydrogens is 271 g/mol. The quantitative estimate of drug-likeness (QED) is 0.676. The highest BCUT2D eigenvalue weighted by Crippen LogP contribution is 2.21. The van der Waals surface area contributed by atoms with Crippen molar-refractivity contribution in [1.82, 2.24) is 5.32 Å². The van der Waals surface area contributed by atoms with Crippen molar-refractivity contribution in [1.29, 1.82) is 0 Å². The molecule has 0 aromatic carbocycles. The summed E-state index contributed by atoms with van der Waals surface area (Å²) < 4.78 is 39.8. The highest BCUT2D eigenvalue weighted by atomic mass is 19.4. The number of nitrogens with one attached hydrogen (secondary N) is 1. The summed E-state index contributed by atoms with van der Waals surface area (Å²) in [6.45, 7) is 0. The lowest BCUT2D eigenvalue weighted by Gasteiger charge is -2.14. The monoisotopic (exact) mass is 285 g/mol. The van der Waals surface area contributed by atoms with Crippen molar-refractivity contribution in [2.45, 2.75) is 37.9 Å². The van der Waals surface area contributed by atoms with Gasteiger partial charge in [0.25, 0.3) is 0 Å². The Morgan fingerprint density at radius 1 is 1.26 bits per heavy atom. The molecule has 19 heavy (non-hydrogen) atoms. The van der Waals surface area contributed by atoms with Gasteiger partial charge in [-0.15, -0.1) is 0 Å². The highest BCUT2D eigenvalue weighted by Gasteiger charge is 2.29. The number of alkyl halides is 3. The third-order valence-electron chi connectivity index (χ3n) is 2.13. The Morgan fingerprint density at radius 2 is 1.84 bits per heavy atom. The first-order valence-corrected chi connectivity index (χ1v) is 5.31. The van der Waals surface area contributed by atoms with Crippen LogP contribution in [0.5, 0.6) is 0 Å². The summed E-state index contributed by atoms with van der Waals surface area (Å²) in [6, 6.07) is -1.42. The van der Waals surface area contributed by atoms with Gasteiger partial charge < -0.3 is 15.2 Å². The summed E-state index contributed by atoms with van der Waals surface area (Å²) >= 11 is 0. The second-order valence-corrected chi connectivity index (χ2v) is 3.69. The lowest BCUT2D eigenvalue weighted by Crippen LogP contribution is -2.41. The molecule has 0 aromatic heterocycles. The van der Waals surface area contributed by atoms with Gasteiger partial charge in [-0.05, 0) is 6.42 Å². The molecule has 6 nitrogen and oxygen atoms in total. The molecule has 110 valence electrons. The lowest BCUT2D eigenvalue weighted by atomic mass is 10.1. The number of carbonyl (C=O) groups excluding carboxylic acids is 2. The first-order chi connectivity index (χ1) is 8.65. The van der Waals surface area contributed by atoms with Gasteiger partial charge in [-0.25, -0.2) is 4.79 Å². The maximum Gasteiger partial charge on any atom is 0.389 e. The van der Waals surface area contributed by atoms with E-state index in [1.165, 1.54) is 0 Å². The van der Waals surface area contributed by atoms with Crippen LogP contribution in [0, 0.1) is 0 Å². The van der Waals surface area contributed by atoms with Crippen molar-refractivity contribution < 1.29 is 37.4 Å². The van der Waals surface area contributed by atoms with Gasteiger partial charge in [0.05, 0.1) is 13.5 Å². The minimum atomic E-state index is -4.48. The van der Waals surface area contributed by atoms with E-state index in [0.717, 1.165) is 7.11 Å². The molecule has 0 rings (SSSR count). The standard InChI is InChI=1S/C10H14F3NO5/c1-19-8(16)3-2-6(9(17)18)14-7(15)4-5-10(11,12)13/h6H,2-5H2,1H3,(H,14,15)(H,17,18)/t6-/m0/s1. The Morgan fingerprint density at radius 3 is 2.26 bits per heavy atom. The van der Waals surface area contributed by atoms with Gasteiger partial charge in [0.1, 0.15) is 6.04 Å². The summed E-state index contributed by atoms with van der Waals surface area (Å²) in [4.78, 5) is 32.7. The topological polar surface area (TPSA) is 92.7 Å².